The number of ether oxygens (including phenoxy) is 3. The number of hydrogen-bond acceptors (Lipinski definition) is 6. The first-order chi connectivity index (χ1) is 18.9. The summed E-state index contributed by atoms with van der Waals surface area (Å²) in [5.41, 5.74) is 4.64. The molecule has 2 heterocycles. The average molecular weight is 548 g/mol. The lowest BCUT2D eigenvalue weighted by molar-refractivity contribution is 0.0745. The van der Waals surface area contributed by atoms with E-state index < -0.39 is 6.04 Å². The fraction of sp³-hybridized carbons (Fsp3) is 0.267. The monoisotopic (exact) mass is 547 g/mol. The minimum atomic E-state index is -0.483. The highest BCUT2D eigenvalue weighted by Gasteiger charge is 2.42. The predicted molar refractivity (Wildman–Crippen MR) is 149 cm³/mol. The number of carbonyl (C=O) groups is 1. The summed E-state index contributed by atoms with van der Waals surface area (Å²) >= 11 is 6.42. The van der Waals surface area contributed by atoms with Crippen molar-refractivity contribution in [3.63, 3.8) is 0 Å². The molecule has 4 aromatic rings. The summed E-state index contributed by atoms with van der Waals surface area (Å²) in [5.74, 6) is 1.83. The van der Waals surface area contributed by atoms with Crippen LogP contribution in [0.15, 0.2) is 54.6 Å². The Morgan fingerprint density at radius 2 is 1.82 bits per heavy atom. The fourth-order valence-corrected chi connectivity index (χ4v) is 5.17. The van der Waals surface area contributed by atoms with Gasteiger partial charge in [-0.05, 0) is 73.4 Å². The number of aryl methyl sites for hydroxylation is 1. The molecule has 1 atom stereocenters. The number of phenolic OH excluding ortho intramolecular Hbond substituents is 1. The van der Waals surface area contributed by atoms with Crippen molar-refractivity contribution in [3.05, 3.63) is 87.6 Å². The van der Waals surface area contributed by atoms with Crippen molar-refractivity contribution in [2.24, 2.45) is 0 Å². The molecule has 0 fully saturated rings. The van der Waals surface area contributed by atoms with Gasteiger partial charge in [0.2, 0.25) is 0 Å². The molecule has 1 amide bonds. The number of nitrogens with zero attached hydrogens (tertiary/aromatic N) is 2. The van der Waals surface area contributed by atoms with Crippen LogP contribution < -0.4 is 14.2 Å². The lowest BCUT2D eigenvalue weighted by Gasteiger charge is -2.27. The molecule has 5 rings (SSSR count). The molecule has 8 nitrogen and oxygen atoms in total. The van der Waals surface area contributed by atoms with Gasteiger partial charge in [-0.1, -0.05) is 29.8 Å². The largest absolute Gasteiger partial charge is 0.507 e. The van der Waals surface area contributed by atoms with Crippen molar-refractivity contribution < 1.29 is 24.1 Å². The van der Waals surface area contributed by atoms with E-state index in [-0.39, 0.29) is 11.7 Å². The van der Waals surface area contributed by atoms with Gasteiger partial charge in [-0.15, -0.1) is 0 Å². The van der Waals surface area contributed by atoms with Gasteiger partial charge in [0.15, 0.2) is 11.5 Å². The van der Waals surface area contributed by atoms with Crippen molar-refractivity contribution in [2.75, 3.05) is 27.4 Å². The van der Waals surface area contributed by atoms with Gasteiger partial charge in [0.25, 0.3) is 5.91 Å². The van der Waals surface area contributed by atoms with Crippen molar-refractivity contribution in [2.45, 2.75) is 26.3 Å². The van der Waals surface area contributed by atoms with Crippen LogP contribution in [0.4, 0.5) is 0 Å². The van der Waals surface area contributed by atoms with Crippen molar-refractivity contribution in [3.8, 4) is 34.3 Å². The van der Waals surface area contributed by atoms with E-state index in [1.165, 1.54) is 0 Å². The number of methoxy groups -OCH3 is 2. The zero-order chi connectivity index (χ0) is 27.7. The highest BCUT2D eigenvalue weighted by Crippen LogP contribution is 2.46. The maximum absolute atomic E-state index is 13.8. The Balaban J connectivity index is 1.60. The van der Waals surface area contributed by atoms with Crippen LogP contribution in [0.25, 0.3) is 11.3 Å². The molecule has 0 saturated heterocycles. The van der Waals surface area contributed by atoms with Crippen LogP contribution in [0.5, 0.6) is 23.0 Å². The van der Waals surface area contributed by atoms with Gasteiger partial charge in [-0.3, -0.25) is 9.89 Å². The second-order valence-corrected chi connectivity index (χ2v) is 9.73. The molecule has 0 radical (unpaired) electrons. The Bertz CT molecular complexity index is 1520. The average Bonchev–Trinajstić information content (AvgIpc) is 3.48. The molecule has 1 aromatic heterocycles. The summed E-state index contributed by atoms with van der Waals surface area (Å²) < 4.78 is 16.6. The van der Waals surface area contributed by atoms with Crippen molar-refractivity contribution >= 4 is 17.5 Å². The van der Waals surface area contributed by atoms with Crippen LogP contribution in [0.3, 0.4) is 0 Å². The summed E-state index contributed by atoms with van der Waals surface area (Å²) in [6, 6.07) is 16.3. The molecular formula is C30H30ClN3O5. The highest BCUT2D eigenvalue weighted by molar-refractivity contribution is 6.31. The zero-order valence-corrected chi connectivity index (χ0v) is 23.0. The van der Waals surface area contributed by atoms with Gasteiger partial charge in [0.1, 0.15) is 22.9 Å². The Labute approximate surface area is 232 Å². The van der Waals surface area contributed by atoms with Crippen LogP contribution in [0.1, 0.15) is 45.7 Å². The van der Waals surface area contributed by atoms with E-state index in [4.69, 9.17) is 25.8 Å². The van der Waals surface area contributed by atoms with Gasteiger partial charge in [0, 0.05) is 22.7 Å². The van der Waals surface area contributed by atoms with E-state index in [0.717, 1.165) is 22.4 Å². The molecule has 0 saturated carbocycles. The topological polar surface area (TPSA) is 96.9 Å². The Kier molecular flexibility index (Phi) is 7.39. The minimum Gasteiger partial charge on any atom is -0.507 e. The molecule has 0 bridgehead atoms. The van der Waals surface area contributed by atoms with Crippen LogP contribution in [-0.4, -0.2) is 53.5 Å². The third kappa shape index (κ3) is 4.88. The van der Waals surface area contributed by atoms with Gasteiger partial charge in [-0.25, -0.2) is 0 Å². The Hall–Kier alpha value is -4.17. The molecule has 2 N–H and O–H groups in total. The molecule has 0 aliphatic carbocycles. The highest BCUT2D eigenvalue weighted by atomic mass is 35.5. The number of benzene rings is 3. The number of aromatic hydroxyl groups is 1. The van der Waals surface area contributed by atoms with Crippen LogP contribution >= 0.6 is 11.6 Å². The summed E-state index contributed by atoms with van der Waals surface area (Å²) in [6.45, 7) is 4.68. The van der Waals surface area contributed by atoms with Crippen LogP contribution in [0, 0.1) is 6.92 Å². The first kappa shape index (κ1) is 26.4. The molecular weight excluding hydrogens is 518 g/mol. The number of H-pyrrole nitrogens is 1. The molecule has 9 heteroatoms. The number of aromatic amines is 1. The number of hydrogen-bond donors (Lipinski definition) is 2. The van der Waals surface area contributed by atoms with Gasteiger partial charge < -0.3 is 24.2 Å². The van der Waals surface area contributed by atoms with Crippen LogP contribution in [-0.2, 0) is 6.42 Å². The summed E-state index contributed by atoms with van der Waals surface area (Å²) in [6.07, 6.45) is 0.634. The van der Waals surface area contributed by atoms with E-state index in [1.54, 1.807) is 26.4 Å². The van der Waals surface area contributed by atoms with Gasteiger partial charge >= 0.3 is 0 Å². The summed E-state index contributed by atoms with van der Waals surface area (Å²) in [5, 5.41) is 18.7. The third-order valence-corrected chi connectivity index (χ3v) is 7.41. The zero-order valence-electron chi connectivity index (χ0n) is 22.2. The van der Waals surface area contributed by atoms with E-state index >= 15 is 0 Å². The maximum Gasteiger partial charge on any atom is 0.273 e. The number of rotatable bonds is 9. The number of halogens is 1. The second kappa shape index (κ2) is 10.9. The molecule has 1 aliphatic heterocycles. The number of amides is 1. The lowest BCUT2D eigenvalue weighted by Crippen LogP contribution is -2.31. The Morgan fingerprint density at radius 1 is 1.05 bits per heavy atom. The molecule has 1 aliphatic rings. The summed E-state index contributed by atoms with van der Waals surface area (Å²) in [7, 11) is 3.22. The third-order valence-electron chi connectivity index (χ3n) is 7.00. The van der Waals surface area contributed by atoms with Crippen molar-refractivity contribution in [1.29, 1.82) is 0 Å². The maximum atomic E-state index is 13.8. The normalized spacial score (nSPS) is 14.4. The standard InChI is InChI=1S/C30H30ClN3O5/c1-5-39-24-11-8-19(15-25(24)38-4)29-26-27(21-16-22(31)17(2)14-23(21)35)32-33-28(26)30(36)34(29)13-12-18-6-9-20(37-3)10-7-18/h6-11,14-16,29,35H,5,12-13H2,1-4H3,(H,32,33). The lowest BCUT2D eigenvalue weighted by atomic mass is 9.94. The molecule has 202 valence electrons. The van der Waals surface area contributed by atoms with Crippen LogP contribution in [0.2, 0.25) is 5.02 Å². The molecule has 0 spiro atoms. The molecule has 3 aromatic carbocycles. The number of carbonyl (C=O) groups excluding carboxylic acids is 1. The predicted octanol–water partition coefficient (Wildman–Crippen LogP) is 5.95. The first-order valence-electron chi connectivity index (χ1n) is 12.7. The molecule has 1 unspecified atom stereocenters. The van der Waals surface area contributed by atoms with E-state index in [0.29, 0.717) is 58.6 Å². The Morgan fingerprint density at radius 3 is 2.51 bits per heavy atom. The summed E-state index contributed by atoms with van der Waals surface area (Å²) in [4.78, 5) is 15.6. The van der Waals surface area contributed by atoms with Gasteiger partial charge in [0.05, 0.1) is 26.9 Å². The quantitative estimate of drug-likeness (QED) is 0.269. The number of fused-ring (bicyclic) bond motifs is 1. The minimum absolute atomic E-state index is 0.0401. The van der Waals surface area contributed by atoms with E-state index in [2.05, 4.69) is 10.2 Å². The van der Waals surface area contributed by atoms with Gasteiger partial charge in [-0.2, -0.15) is 5.10 Å². The fourth-order valence-electron chi connectivity index (χ4n) is 5.01. The second-order valence-electron chi connectivity index (χ2n) is 9.32. The first-order valence-corrected chi connectivity index (χ1v) is 13.1. The number of aromatic nitrogens is 2. The number of phenols is 1. The smallest absolute Gasteiger partial charge is 0.273 e. The van der Waals surface area contributed by atoms with E-state index in [9.17, 15) is 9.90 Å². The van der Waals surface area contributed by atoms with Crippen molar-refractivity contribution in [1.82, 2.24) is 15.1 Å². The number of nitrogens with one attached hydrogen (secondary N) is 1. The SMILES string of the molecule is CCOc1ccc(C2c3c(-c4cc(Cl)c(C)cc4O)n[nH]c3C(=O)N2CCc2ccc(OC)cc2)cc1OC. The molecule has 39 heavy (non-hydrogen) atoms. The van der Waals surface area contributed by atoms with E-state index in [1.807, 2.05) is 61.2 Å².